The lowest BCUT2D eigenvalue weighted by molar-refractivity contribution is 0.552. The fourth-order valence-electron chi connectivity index (χ4n) is 3.37. The maximum absolute atomic E-state index is 4.50. The minimum Gasteiger partial charge on any atom is -0.355 e. The second kappa shape index (κ2) is 6.06. The number of hydrogen-bond acceptors (Lipinski definition) is 5. The van der Waals surface area contributed by atoms with Gasteiger partial charge in [0.25, 0.3) is 0 Å². The van der Waals surface area contributed by atoms with Gasteiger partial charge in [-0.3, -0.25) is 10.9 Å². The molecule has 3 rings (SSSR count). The van der Waals surface area contributed by atoms with E-state index in [0.29, 0.717) is 18.0 Å². The molecule has 2 N–H and O–H groups in total. The fourth-order valence-corrected chi connectivity index (χ4v) is 3.37. The SMILES string of the molecule is CC1NNC(C)C1c1ccc(N2CCCCCC2)nn1. The summed E-state index contributed by atoms with van der Waals surface area (Å²) in [6, 6.07) is 5.08. The second-order valence-corrected chi connectivity index (χ2v) is 6.11. The Balaban J connectivity index is 1.73. The van der Waals surface area contributed by atoms with E-state index < -0.39 is 0 Å². The maximum Gasteiger partial charge on any atom is 0.151 e. The summed E-state index contributed by atoms with van der Waals surface area (Å²) in [5, 5.41) is 8.97. The quantitative estimate of drug-likeness (QED) is 0.862. The molecule has 2 aliphatic rings. The van der Waals surface area contributed by atoms with Crippen LogP contribution in [0.5, 0.6) is 0 Å². The standard InChI is InChI=1S/C15H25N5/c1-11-15(12(2)17-16-11)13-7-8-14(19-18-13)20-9-5-3-4-6-10-20/h7-8,11-12,15-17H,3-6,9-10H2,1-2H3. The number of anilines is 1. The normalized spacial score (nSPS) is 31.3. The van der Waals surface area contributed by atoms with Crippen LogP contribution in [0.25, 0.3) is 0 Å². The minimum atomic E-state index is 0.390. The van der Waals surface area contributed by atoms with Crippen molar-refractivity contribution in [3.63, 3.8) is 0 Å². The van der Waals surface area contributed by atoms with E-state index in [0.717, 1.165) is 24.6 Å². The lowest BCUT2D eigenvalue weighted by Crippen LogP contribution is -2.30. The Morgan fingerprint density at radius 1 is 0.950 bits per heavy atom. The molecule has 0 aromatic carbocycles. The second-order valence-electron chi connectivity index (χ2n) is 6.11. The molecule has 0 bridgehead atoms. The van der Waals surface area contributed by atoms with Gasteiger partial charge in [-0.2, -0.15) is 5.10 Å². The van der Waals surface area contributed by atoms with Gasteiger partial charge in [0.1, 0.15) is 0 Å². The molecule has 2 aliphatic heterocycles. The molecule has 2 unspecified atom stereocenters. The summed E-state index contributed by atoms with van der Waals surface area (Å²) >= 11 is 0. The van der Waals surface area contributed by atoms with Gasteiger partial charge in [0, 0.05) is 31.1 Å². The van der Waals surface area contributed by atoms with Crippen molar-refractivity contribution in [1.29, 1.82) is 0 Å². The summed E-state index contributed by atoms with van der Waals surface area (Å²) in [6.07, 6.45) is 5.23. The summed E-state index contributed by atoms with van der Waals surface area (Å²) in [5.41, 5.74) is 7.64. The van der Waals surface area contributed by atoms with E-state index >= 15 is 0 Å². The van der Waals surface area contributed by atoms with E-state index in [1.807, 2.05) is 0 Å². The van der Waals surface area contributed by atoms with E-state index in [4.69, 9.17) is 0 Å². The van der Waals surface area contributed by atoms with Crippen LogP contribution in [0, 0.1) is 0 Å². The van der Waals surface area contributed by atoms with E-state index in [9.17, 15) is 0 Å². The zero-order chi connectivity index (χ0) is 13.9. The third kappa shape index (κ3) is 2.79. The number of hydrazine groups is 1. The van der Waals surface area contributed by atoms with Crippen LogP contribution in [0.3, 0.4) is 0 Å². The van der Waals surface area contributed by atoms with Crippen LogP contribution in [0.4, 0.5) is 5.82 Å². The highest BCUT2D eigenvalue weighted by Crippen LogP contribution is 2.26. The van der Waals surface area contributed by atoms with Crippen LogP contribution in [-0.4, -0.2) is 35.4 Å². The summed E-state index contributed by atoms with van der Waals surface area (Å²) in [7, 11) is 0. The first kappa shape index (κ1) is 13.8. The third-order valence-electron chi connectivity index (χ3n) is 4.56. The molecule has 1 aromatic rings. The largest absolute Gasteiger partial charge is 0.355 e. The zero-order valence-electron chi connectivity index (χ0n) is 12.5. The van der Waals surface area contributed by atoms with Crippen LogP contribution < -0.4 is 15.8 Å². The third-order valence-corrected chi connectivity index (χ3v) is 4.56. The fraction of sp³-hybridized carbons (Fsp3) is 0.733. The van der Waals surface area contributed by atoms with Gasteiger partial charge in [-0.25, -0.2) is 0 Å². The first-order chi connectivity index (χ1) is 9.75. The van der Waals surface area contributed by atoms with Gasteiger partial charge in [0.15, 0.2) is 5.82 Å². The van der Waals surface area contributed by atoms with Crippen molar-refractivity contribution in [2.24, 2.45) is 0 Å². The molecule has 0 saturated carbocycles. The molecule has 0 radical (unpaired) electrons. The lowest BCUT2D eigenvalue weighted by Gasteiger charge is -2.22. The van der Waals surface area contributed by atoms with Crippen LogP contribution in [0.15, 0.2) is 12.1 Å². The van der Waals surface area contributed by atoms with Crippen LogP contribution in [-0.2, 0) is 0 Å². The van der Waals surface area contributed by atoms with Gasteiger partial charge in [-0.1, -0.05) is 12.8 Å². The Morgan fingerprint density at radius 3 is 2.15 bits per heavy atom. The molecule has 2 atom stereocenters. The molecule has 110 valence electrons. The van der Waals surface area contributed by atoms with Crippen molar-refractivity contribution in [3.8, 4) is 0 Å². The minimum absolute atomic E-state index is 0.390. The molecule has 5 heteroatoms. The topological polar surface area (TPSA) is 53.1 Å². The van der Waals surface area contributed by atoms with Crippen molar-refractivity contribution in [2.75, 3.05) is 18.0 Å². The molecule has 0 amide bonds. The Bertz CT molecular complexity index is 414. The van der Waals surface area contributed by atoms with Crippen molar-refractivity contribution in [1.82, 2.24) is 21.0 Å². The molecular formula is C15H25N5. The summed E-state index contributed by atoms with van der Waals surface area (Å²) < 4.78 is 0. The van der Waals surface area contributed by atoms with Crippen molar-refractivity contribution < 1.29 is 0 Å². The summed E-state index contributed by atoms with van der Waals surface area (Å²) in [5.74, 6) is 1.43. The zero-order valence-corrected chi connectivity index (χ0v) is 12.5. The van der Waals surface area contributed by atoms with E-state index in [1.165, 1.54) is 25.7 Å². The predicted molar refractivity (Wildman–Crippen MR) is 80.6 cm³/mol. The molecule has 0 aliphatic carbocycles. The van der Waals surface area contributed by atoms with Crippen LogP contribution in [0.1, 0.15) is 51.1 Å². The smallest absolute Gasteiger partial charge is 0.151 e. The number of hydrogen-bond donors (Lipinski definition) is 2. The number of nitrogens with one attached hydrogen (secondary N) is 2. The van der Waals surface area contributed by atoms with Crippen molar-refractivity contribution in [3.05, 3.63) is 17.8 Å². The van der Waals surface area contributed by atoms with E-state index in [2.05, 4.69) is 51.9 Å². The highest BCUT2D eigenvalue weighted by Gasteiger charge is 2.32. The number of rotatable bonds is 2. The lowest BCUT2D eigenvalue weighted by atomic mass is 9.93. The maximum atomic E-state index is 4.50. The summed E-state index contributed by atoms with van der Waals surface area (Å²) in [6.45, 7) is 6.61. The first-order valence-corrected chi connectivity index (χ1v) is 7.85. The van der Waals surface area contributed by atoms with Crippen molar-refractivity contribution in [2.45, 2.75) is 57.5 Å². The molecule has 2 fully saturated rings. The first-order valence-electron chi connectivity index (χ1n) is 7.85. The molecule has 5 nitrogen and oxygen atoms in total. The van der Waals surface area contributed by atoms with Gasteiger partial charge < -0.3 is 4.90 Å². The molecule has 20 heavy (non-hydrogen) atoms. The number of nitrogens with zero attached hydrogens (tertiary/aromatic N) is 3. The molecule has 0 spiro atoms. The van der Waals surface area contributed by atoms with Crippen LogP contribution >= 0.6 is 0 Å². The molecular weight excluding hydrogens is 250 g/mol. The molecule has 2 saturated heterocycles. The Hall–Kier alpha value is -1.20. The average molecular weight is 275 g/mol. The van der Waals surface area contributed by atoms with Gasteiger partial charge in [-0.05, 0) is 38.8 Å². The van der Waals surface area contributed by atoms with Gasteiger partial charge in [0.05, 0.1) is 5.69 Å². The highest BCUT2D eigenvalue weighted by atomic mass is 15.4. The van der Waals surface area contributed by atoms with Crippen molar-refractivity contribution >= 4 is 5.82 Å². The monoisotopic (exact) mass is 275 g/mol. The van der Waals surface area contributed by atoms with Gasteiger partial charge in [-0.15, -0.1) is 5.10 Å². The molecule has 3 heterocycles. The number of aromatic nitrogens is 2. The Kier molecular flexibility index (Phi) is 4.17. The highest BCUT2D eigenvalue weighted by molar-refractivity contribution is 5.38. The molecule has 1 aromatic heterocycles. The predicted octanol–water partition coefficient (Wildman–Crippen LogP) is 1.83. The summed E-state index contributed by atoms with van der Waals surface area (Å²) in [4.78, 5) is 2.38. The van der Waals surface area contributed by atoms with Crippen LogP contribution in [0.2, 0.25) is 0 Å². The van der Waals surface area contributed by atoms with E-state index in [1.54, 1.807) is 0 Å². The Labute approximate surface area is 121 Å². The Morgan fingerprint density at radius 2 is 1.60 bits per heavy atom. The van der Waals surface area contributed by atoms with Gasteiger partial charge in [0.2, 0.25) is 0 Å². The van der Waals surface area contributed by atoms with E-state index in [-0.39, 0.29) is 0 Å². The average Bonchev–Trinajstić information content (AvgIpc) is 2.70. The van der Waals surface area contributed by atoms with Gasteiger partial charge >= 0.3 is 0 Å².